The number of hydrogen-bond acceptors (Lipinski definition) is 5. The van der Waals surface area contributed by atoms with Gasteiger partial charge in [-0.05, 0) is 79.8 Å². The highest BCUT2D eigenvalue weighted by Crippen LogP contribution is 2.65. The number of carbonyl (C=O) groups is 4. The summed E-state index contributed by atoms with van der Waals surface area (Å²) < 4.78 is 6.01. The number of ether oxygens (including phenoxy) is 1. The van der Waals surface area contributed by atoms with Gasteiger partial charge < -0.3 is 15.2 Å². The summed E-state index contributed by atoms with van der Waals surface area (Å²) in [6.45, 7) is 4.65. The molecule has 7 nitrogen and oxygen atoms in total. The van der Waals surface area contributed by atoms with Crippen LogP contribution < -0.4 is 5.32 Å². The summed E-state index contributed by atoms with van der Waals surface area (Å²) in [5.41, 5.74) is 1.89. The number of carbonyl (C=O) groups excluding carboxylic acids is 3. The van der Waals surface area contributed by atoms with Gasteiger partial charge in [-0.15, -0.1) is 0 Å². The van der Waals surface area contributed by atoms with Crippen LogP contribution >= 0.6 is 0 Å². The zero-order valence-corrected chi connectivity index (χ0v) is 22.4. The minimum absolute atomic E-state index is 0.0666. The van der Waals surface area contributed by atoms with E-state index in [1.807, 2.05) is 6.08 Å². The van der Waals surface area contributed by atoms with Crippen LogP contribution in [-0.2, 0) is 23.9 Å². The van der Waals surface area contributed by atoms with Crippen LogP contribution in [0.25, 0.3) is 0 Å². The molecule has 0 aliphatic heterocycles. The molecule has 0 spiro atoms. The molecule has 2 N–H and O–H groups in total. The lowest BCUT2D eigenvalue weighted by Crippen LogP contribution is -2.51. The maximum absolute atomic E-state index is 12.8. The summed E-state index contributed by atoms with van der Waals surface area (Å²) in [4.78, 5) is 49.0. The highest BCUT2D eigenvalue weighted by molar-refractivity contribution is 5.91. The molecule has 0 radical (unpaired) electrons. The predicted octanol–water partition coefficient (Wildman–Crippen LogP) is 5.15. The van der Waals surface area contributed by atoms with E-state index < -0.39 is 23.9 Å². The van der Waals surface area contributed by atoms with Gasteiger partial charge in [-0.1, -0.05) is 49.8 Å². The van der Waals surface area contributed by atoms with Gasteiger partial charge in [-0.25, -0.2) is 4.79 Å². The summed E-state index contributed by atoms with van der Waals surface area (Å²) in [5, 5.41) is 12.1. The molecule has 0 unspecified atom stereocenters. The SMILES string of the molecule is C[C@]12CC[C@H]3[C@@H](CCC4=CC(=O)CC[C@@]43C)[C@@H]1CC[C@@H]2OC(=O)CCC(=O)N[C@@H](C(=O)O)c1ccccc1. The summed E-state index contributed by atoms with van der Waals surface area (Å²) in [6, 6.07) is 7.36. The third-order valence-electron chi connectivity index (χ3n) is 10.4. The van der Waals surface area contributed by atoms with Gasteiger partial charge in [0.2, 0.25) is 5.91 Å². The average molecular weight is 522 g/mol. The molecule has 1 amide bonds. The highest BCUT2D eigenvalue weighted by Gasteiger charge is 2.59. The number of hydrogen-bond donors (Lipinski definition) is 2. The van der Waals surface area contributed by atoms with Crippen molar-refractivity contribution in [2.45, 2.75) is 90.2 Å². The maximum atomic E-state index is 12.8. The Bertz CT molecular complexity index is 1140. The molecule has 0 heterocycles. The van der Waals surface area contributed by atoms with Gasteiger partial charge in [0.1, 0.15) is 6.10 Å². The molecule has 7 atom stereocenters. The molecule has 4 aliphatic rings. The Morgan fingerprint density at radius 3 is 2.50 bits per heavy atom. The first-order valence-corrected chi connectivity index (χ1v) is 14.1. The van der Waals surface area contributed by atoms with Gasteiger partial charge in [0.05, 0.1) is 6.42 Å². The van der Waals surface area contributed by atoms with Gasteiger partial charge in [-0.3, -0.25) is 14.4 Å². The van der Waals surface area contributed by atoms with Crippen molar-refractivity contribution in [1.29, 1.82) is 0 Å². The Morgan fingerprint density at radius 2 is 1.76 bits per heavy atom. The molecule has 4 aliphatic carbocycles. The molecular weight excluding hydrogens is 482 g/mol. The van der Waals surface area contributed by atoms with Crippen molar-refractivity contribution in [2.75, 3.05) is 0 Å². The molecular formula is C31H39NO6. The van der Waals surface area contributed by atoms with Crippen molar-refractivity contribution in [1.82, 2.24) is 5.32 Å². The number of nitrogens with one attached hydrogen (secondary N) is 1. The lowest BCUT2D eigenvalue weighted by molar-refractivity contribution is -0.160. The smallest absolute Gasteiger partial charge is 0.330 e. The van der Waals surface area contributed by atoms with Gasteiger partial charge in [0.15, 0.2) is 11.8 Å². The third-order valence-corrected chi connectivity index (χ3v) is 10.4. The van der Waals surface area contributed by atoms with Gasteiger partial charge in [0, 0.05) is 18.3 Å². The van der Waals surface area contributed by atoms with Crippen LogP contribution in [0.4, 0.5) is 0 Å². The van der Waals surface area contributed by atoms with Crippen LogP contribution in [0.1, 0.15) is 89.7 Å². The molecule has 7 heteroatoms. The number of fused-ring (bicyclic) bond motifs is 5. The summed E-state index contributed by atoms with van der Waals surface area (Å²) in [5.74, 6) is -0.0844. The zero-order valence-electron chi connectivity index (χ0n) is 22.4. The first-order chi connectivity index (χ1) is 18.1. The first-order valence-electron chi connectivity index (χ1n) is 14.1. The van der Waals surface area contributed by atoms with Crippen LogP contribution in [-0.4, -0.2) is 34.8 Å². The van der Waals surface area contributed by atoms with Crippen LogP contribution in [0.15, 0.2) is 42.0 Å². The van der Waals surface area contributed by atoms with Crippen LogP contribution in [0, 0.1) is 28.6 Å². The molecule has 1 aromatic carbocycles. The van der Waals surface area contributed by atoms with Crippen LogP contribution in [0.3, 0.4) is 0 Å². The lowest BCUT2D eigenvalue weighted by atomic mass is 9.47. The Morgan fingerprint density at radius 1 is 1.00 bits per heavy atom. The van der Waals surface area contributed by atoms with E-state index in [-0.39, 0.29) is 35.6 Å². The predicted molar refractivity (Wildman–Crippen MR) is 141 cm³/mol. The monoisotopic (exact) mass is 521 g/mol. The van der Waals surface area contributed by atoms with Crippen molar-refractivity contribution in [2.24, 2.45) is 28.6 Å². The van der Waals surface area contributed by atoms with Gasteiger partial charge in [-0.2, -0.15) is 0 Å². The van der Waals surface area contributed by atoms with Gasteiger partial charge >= 0.3 is 11.9 Å². The topological polar surface area (TPSA) is 110 Å². The van der Waals surface area contributed by atoms with Crippen LogP contribution in [0.2, 0.25) is 0 Å². The second-order valence-electron chi connectivity index (χ2n) is 12.3. The van der Waals surface area contributed by atoms with E-state index in [1.54, 1.807) is 30.3 Å². The fourth-order valence-electron chi connectivity index (χ4n) is 8.30. The number of ketones is 1. The van der Waals surface area contributed by atoms with Crippen molar-refractivity contribution in [3.8, 4) is 0 Å². The molecule has 204 valence electrons. The quantitative estimate of drug-likeness (QED) is 0.480. The number of esters is 1. The minimum atomic E-state index is -1.15. The fourth-order valence-corrected chi connectivity index (χ4v) is 8.30. The van der Waals surface area contributed by atoms with Crippen molar-refractivity contribution < 1.29 is 29.0 Å². The Labute approximate surface area is 224 Å². The van der Waals surface area contributed by atoms with E-state index in [4.69, 9.17) is 4.74 Å². The number of benzene rings is 1. The van der Waals surface area contributed by atoms with E-state index in [9.17, 15) is 24.3 Å². The Hall–Kier alpha value is -2.96. The van der Waals surface area contributed by atoms with Crippen LogP contribution in [0.5, 0.6) is 0 Å². The molecule has 0 aromatic heterocycles. The first kappa shape index (κ1) is 26.6. The summed E-state index contributed by atoms with van der Waals surface area (Å²) >= 11 is 0. The zero-order chi connectivity index (χ0) is 27.1. The molecule has 5 rings (SSSR count). The van der Waals surface area contributed by atoms with E-state index in [2.05, 4.69) is 19.2 Å². The number of allylic oxidation sites excluding steroid dienone is 1. The fraction of sp³-hybridized carbons (Fsp3) is 0.613. The second-order valence-corrected chi connectivity index (χ2v) is 12.3. The normalized spacial score (nSPS) is 34.7. The van der Waals surface area contributed by atoms with E-state index in [0.717, 1.165) is 44.9 Å². The van der Waals surface area contributed by atoms with Crippen molar-refractivity contribution >= 4 is 23.6 Å². The number of carboxylic acid groups (broad SMARTS) is 1. The molecule has 38 heavy (non-hydrogen) atoms. The van der Waals surface area contributed by atoms with Gasteiger partial charge in [0.25, 0.3) is 0 Å². The van der Waals surface area contributed by atoms with Crippen molar-refractivity contribution in [3.63, 3.8) is 0 Å². The molecule has 3 fully saturated rings. The third kappa shape index (κ3) is 4.80. The van der Waals surface area contributed by atoms with E-state index >= 15 is 0 Å². The second kappa shape index (κ2) is 10.3. The Balaban J connectivity index is 1.17. The largest absolute Gasteiger partial charge is 0.479 e. The number of aliphatic carboxylic acids is 1. The number of amides is 1. The summed E-state index contributed by atoms with van der Waals surface area (Å²) in [6.07, 6.45) is 9.28. The standard InChI is InChI=1S/C31H39NO6/c1-30-16-14-21(33)18-20(30)8-9-22-23-10-11-25(31(23,2)17-15-24(22)30)38-27(35)13-12-26(34)32-28(29(36)37)19-6-4-3-5-7-19/h3-7,18,22-25,28H,8-17H2,1-2H3,(H,32,34)(H,36,37)/t22-,23-,24-,25-,28+,30-,31-/m0/s1. The number of rotatable bonds is 7. The lowest BCUT2D eigenvalue weighted by Gasteiger charge is -2.57. The van der Waals surface area contributed by atoms with Crippen molar-refractivity contribution in [3.05, 3.63) is 47.5 Å². The molecule has 1 aromatic rings. The molecule has 0 bridgehead atoms. The van der Waals surface area contributed by atoms with E-state index in [1.165, 1.54) is 5.57 Å². The summed E-state index contributed by atoms with van der Waals surface area (Å²) in [7, 11) is 0. The number of carboxylic acids is 1. The molecule has 0 saturated heterocycles. The Kier molecular flexibility index (Phi) is 7.23. The highest BCUT2D eigenvalue weighted by atomic mass is 16.5. The molecule has 3 saturated carbocycles. The average Bonchev–Trinajstić information content (AvgIpc) is 3.22. The van der Waals surface area contributed by atoms with E-state index in [0.29, 0.717) is 29.7 Å². The maximum Gasteiger partial charge on any atom is 0.330 e. The minimum Gasteiger partial charge on any atom is -0.479 e.